The first kappa shape index (κ1) is 14.9. The third-order valence-corrected chi connectivity index (χ3v) is 4.44. The number of piperidine rings is 1. The Hall–Kier alpha value is -2.00. The van der Waals surface area contributed by atoms with Crippen molar-refractivity contribution in [3.63, 3.8) is 0 Å². The maximum Gasteiger partial charge on any atom is 0.0602 e. The van der Waals surface area contributed by atoms with E-state index in [0.29, 0.717) is 0 Å². The fourth-order valence-electron chi connectivity index (χ4n) is 3.00. The molecule has 1 saturated heterocycles. The molecule has 1 aliphatic rings. The lowest BCUT2D eigenvalue weighted by molar-refractivity contribution is 0.145. The summed E-state index contributed by atoms with van der Waals surface area (Å²) in [6.45, 7) is 4.82. The van der Waals surface area contributed by atoms with E-state index in [1.807, 2.05) is 0 Å². The van der Waals surface area contributed by atoms with Crippen molar-refractivity contribution in [3.05, 3.63) is 59.7 Å². The van der Waals surface area contributed by atoms with Crippen LogP contribution in [0.25, 0.3) is 0 Å². The van der Waals surface area contributed by atoms with Crippen LogP contribution >= 0.6 is 0 Å². The molecule has 0 spiro atoms. The standard InChI is InChI=1S/C19H24N2O/c1-15-6-2-3-7-16(15)14-20-18-8-4-5-9-19(18)21-12-10-17(22)11-13-21/h2-9,17,20,22H,10-14H2,1H3. The second-order valence-corrected chi connectivity index (χ2v) is 6.02. The van der Waals surface area contributed by atoms with Gasteiger partial charge in [0.15, 0.2) is 0 Å². The summed E-state index contributed by atoms with van der Waals surface area (Å²) in [4.78, 5) is 2.37. The fraction of sp³-hybridized carbons (Fsp3) is 0.368. The predicted molar refractivity (Wildman–Crippen MR) is 92.4 cm³/mol. The maximum atomic E-state index is 9.68. The summed E-state index contributed by atoms with van der Waals surface area (Å²) in [6.07, 6.45) is 1.57. The molecule has 3 heteroatoms. The number of aliphatic hydroxyl groups excluding tert-OH is 1. The molecule has 0 saturated carbocycles. The molecule has 22 heavy (non-hydrogen) atoms. The van der Waals surface area contributed by atoms with Gasteiger partial charge in [-0.15, -0.1) is 0 Å². The Morgan fingerprint density at radius 3 is 2.50 bits per heavy atom. The van der Waals surface area contributed by atoms with Crippen molar-refractivity contribution in [2.75, 3.05) is 23.3 Å². The van der Waals surface area contributed by atoms with Gasteiger partial charge in [0.25, 0.3) is 0 Å². The lowest BCUT2D eigenvalue weighted by Crippen LogP contribution is -2.36. The van der Waals surface area contributed by atoms with Crippen LogP contribution in [-0.4, -0.2) is 24.3 Å². The summed E-state index contributed by atoms with van der Waals surface area (Å²) < 4.78 is 0. The highest BCUT2D eigenvalue weighted by Gasteiger charge is 2.19. The third-order valence-electron chi connectivity index (χ3n) is 4.44. The number of aliphatic hydroxyl groups is 1. The fourth-order valence-corrected chi connectivity index (χ4v) is 3.00. The molecule has 0 aliphatic carbocycles. The Morgan fingerprint density at radius 2 is 1.73 bits per heavy atom. The van der Waals surface area contributed by atoms with Crippen LogP contribution in [0.1, 0.15) is 24.0 Å². The van der Waals surface area contributed by atoms with Gasteiger partial charge in [-0.1, -0.05) is 36.4 Å². The first-order valence-corrected chi connectivity index (χ1v) is 8.04. The highest BCUT2D eigenvalue weighted by atomic mass is 16.3. The van der Waals surface area contributed by atoms with E-state index in [0.717, 1.165) is 32.5 Å². The number of aryl methyl sites for hydroxylation is 1. The first-order chi connectivity index (χ1) is 10.7. The molecule has 1 aliphatic heterocycles. The molecular weight excluding hydrogens is 272 g/mol. The number of rotatable bonds is 4. The van der Waals surface area contributed by atoms with Crippen LogP contribution in [0.2, 0.25) is 0 Å². The van der Waals surface area contributed by atoms with Gasteiger partial charge in [-0.3, -0.25) is 0 Å². The first-order valence-electron chi connectivity index (χ1n) is 8.04. The van der Waals surface area contributed by atoms with Crippen molar-refractivity contribution >= 4 is 11.4 Å². The average molecular weight is 296 g/mol. The van der Waals surface area contributed by atoms with E-state index in [2.05, 4.69) is 65.7 Å². The van der Waals surface area contributed by atoms with Crippen molar-refractivity contribution in [3.8, 4) is 0 Å². The van der Waals surface area contributed by atoms with Crippen molar-refractivity contribution < 1.29 is 5.11 Å². The number of nitrogens with one attached hydrogen (secondary N) is 1. The maximum absolute atomic E-state index is 9.68. The van der Waals surface area contributed by atoms with Crippen LogP contribution in [0.15, 0.2) is 48.5 Å². The summed E-state index contributed by atoms with van der Waals surface area (Å²) in [5, 5.41) is 13.3. The van der Waals surface area contributed by atoms with E-state index in [1.54, 1.807) is 0 Å². The second kappa shape index (κ2) is 6.84. The minimum Gasteiger partial charge on any atom is -0.393 e. The van der Waals surface area contributed by atoms with Gasteiger partial charge < -0.3 is 15.3 Å². The molecule has 1 fully saturated rings. The molecule has 2 N–H and O–H groups in total. The normalized spacial score (nSPS) is 15.8. The van der Waals surface area contributed by atoms with Crippen molar-refractivity contribution in [1.29, 1.82) is 0 Å². The molecule has 2 aromatic carbocycles. The molecular formula is C19H24N2O. The highest BCUT2D eigenvalue weighted by molar-refractivity contribution is 5.70. The minimum atomic E-state index is -0.136. The van der Waals surface area contributed by atoms with E-state index >= 15 is 0 Å². The van der Waals surface area contributed by atoms with E-state index in [1.165, 1.54) is 22.5 Å². The molecule has 0 radical (unpaired) electrons. The molecule has 0 aromatic heterocycles. The highest BCUT2D eigenvalue weighted by Crippen LogP contribution is 2.28. The van der Waals surface area contributed by atoms with Crippen LogP contribution in [-0.2, 0) is 6.54 Å². The number of hydrogen-bond donors (Lipinski definition) is 2. The Bertz CT molecular complexity index is 618. The van der Waals surface area contributed by atoms with Crippen LogP contribution in [0.3, 0.4) is 0 Å². The number of benzene rings is 2. The molecule has 116 valence electrons. The Morgan fingerprint density at radius 1 is 1.05 bits per heavy atom. The molecule has 0 amide bonds. The molecule has 1 heterocycles. The number of nitrogens with zero attached hydrogens (tertiary/aromatic N) is 1. The second-order valence-electron chi connectivity index (χ2n) is 6.02. The average Bonchev–Trinajstić information content (AvgIpc) is 2.55. The largest absolute Gasteiger partial charge is 0.393 e. The summed E-state index contributed by atoms with van der Waals surface area (Å²) in [5.74, 6) is 0. The van der Waals surface area contributed by atoms with E-state index in [9.17, 15) is 5.11 Å². The smallest absolute Gasteiger partial charge is 0.0602 e. The van der Waals surface area contributed by atoms with Crippen LogP contribution < -0.4 is 10.2 Å². The topological polar surface area (TPSA) is 35.5 Å². The number of para-hydroxylation sites is 2. The quantitative estimate of drug-likeness (QED) is 0.905. The van der Waals surface area contributed by atoms with E-state index in [4.69, 9.17) is 0 Å². The predicted octanol–water partition coefficient (Wildman–Crippen LogP) is 3.57. The summed E-state index contributed by atoms with van der Waals surface area (Å²) >= 11 is 0. The van der Waals surface area contributed by atoms with Crippen molar-refractivity contribution in [2.24, 2.45) is 0 Å². The van der Waals surface area contributed by atoms with Crippen LogP contribution in [0.4, 0.5) is 11.4 Å². The van der Waals surface area contributed by atoms with Gasteiger partial charge in [-0.25, -0.2) is 0 Å². The van der Waals surface area contributed by atoms with Gasteiger partial charge in [0.1, 0.15) is 0 Å². The number of hydrogen-bond acceptors (Lipinski definition) is 3. The molecule has 0 unspecified atom stereocenters. The van der Waals surface area contributed by atoms with Gasteiger partial charge in [0.2, 0.25) is 0 Å². The zero-order valence-corrected chi connectivity index (χ0v) is 13.1. The van der Waals surface area contributed by atoms with Gasteiger partial charge in [-0.05, 0) is 43.0 Å². The monoisotopic (exact) mass is 296 g/mol. The van der Waals surface area contributed by atoms with Gasteiger partial charge >= 0.3 is 0 Å². The lowest BCUT2D eigenvalue weighted by Gasteiger charge is -2.33. The Labute approximate surface area is 132 Å². The SMILES string of the molecule is Cc1ccccc1CNc1ccccc1N1CCC(O)CC1. The molecule has 2 aromatic rings. The van der Waals surface area contributed by atoms with Gasteiger partial charge in [0, 0.05) is 19.6 Å². The molecule has 3 rings (SSSR count). The summed E-state index contributed by atoms with van der Waals surface area (Å²) in [5.41, 5.74) is 5.05. The summed E-state index contributed by atoms with van der Waals surface area (Å²) in [7, 11) is 0. The molecule has 0 bridgehead atoms. The zero-order valence-electron chi connectivity index (χ0n) is 13.1. The van der Waals surface area contributed by atoms with E-state index < -0.39 is 0 Å². The molecule has 0 atom stereocenters. The Kier molecular flexibility index (Phi) is 4.64. The van der Waals surface area contributed by atoms with Gasteiger partial charge in [0.05, 0.1) is 17.5 Å². The molecule has 3 nitrogen and oxygen atoms in total. The van der Waals surface area contributed by atoms with Crippen molar-refractivity contribution in [1.82, 2.24) is 0 Å². The van der Waals surface area contributed by atoms with Crippen LogP contribution in [0.5, 0.6) is 0 Å². The zero-order chi connectivity index (χ0) is 15.4. The number of anilines is 2. The third kappa shape index (κ3) is 3.42. The minimum absolute atomic E-state index is 0.136. The van der Waals surface area contributed by atoms with Crippen molar-refractivity contribution in [2.45, 2.75) is 32.4 Å². The lowest BCUT2D eigenvalue weighted by atomic mass is 10.1. The summed E-state index contributed by atoms with van der Waals surface area (Å²) in [6, 6.07) is 16.9. The van der Waals surface area contributed by atoms with Crippen LogP contribution in [0, 0.1) is 6.92 Å². The Balaban J connectivity index is 1.73. The van der Waals surface area contributed by atoms with Gasteiger partial charge in [-0.2, -0.15) is 0 Å². The van der Waals surface area contributed by atoms with E-state index in [-0.39, 0.29) is 6.10 Å².